The number of carbonyl (C=O) groups excluding carboxylic acids is 1. The SMILES string of the molecule is COc1ccc(Nc2ncnc(NNC(=O)c3ccccc3Br)c2[N+](=O)[O-])c(OC)c1. The third kappa shape index (κ3) is 4.98. The van der Waals surface area contributed by atoms with Gasteiger partial charge in [-0.15, -0.1) is 0 Å². The minimum Gasteiger partial charge on any atom is -0.497 e. The van der Waals surface area contributed by atoms with Gasteiger partial charge in [0.15, 0.2) is 0 Å². The number of anilines is 3. The van der Waals surface area contributed by atoms with Crippen LogP contribution in [0.25, 0.3) is 0 Å². The van der Waals surface area contributed by atoms with Crippen LogP contribution < -0.4 is 25.6 Å². The summed E-state index contributed by atoms with van der Waals surface area (Å²) in [4.78, 5) is 31.3. The molecule has 2 aromatic carbocycles. The molecule has 0 radical (unpaired) electrons. The van der Waals surface area contributed by atoms with E-state index in [1.807, 2.05) is 0 Å². The molecule has 0 bridgehead atoms. The number of ether oxygens (including phenoxy) is 2. The number of aromatic nitrogens is 2. The average Bonchev–Trinajstić information content (AvgIpc) is 2.77. The van der Waals surface area contributed by atoms with Crippen molar-refractivity contribution in [3.05, 3.63) is 68.9 Å². The van der Waals surface area contributed by atoms with Gasteiger partial charge in [0.05, 0.1) is 30.4 Å². The number of methoxy groups -OCH3 is 2. The first-order valence-corrected chi connectivity index (χ1v) is 9.53. The van der Waals surface area contributed by atoms with Gasteiger partial charge in [0.25, 0.3) is 5.91 Å². The second-order valence-electron chi connectivity index (χ2n) is 5.93. The number of hydrazine groups is 1. The highest BCUT2D eigenvalue weighted by molar-refractivity contribution is 9.10. The molecule has 0 aliphatic rings. The molecule has 0 aliphatic carbocycles. The van der Waals surface area contributed by atoms with E-state index in [1.165, 1.54) is 14.2 Å². The van der Waals surface area contributed by atoms with Crippen LogP contribution >= 0.6 is 15.9 Å². The van der Waals surface area contributed by atoms with Crippen LogP contribution in [0, 0.1) is 10.1 Å². The van der Waals surface area contributed by atoms with Crippen molar-refractivity contribution in [3.63, 3.8) is 0 Å². The van der Waals surface area contributed by atoms with Crippen molar-refractivity contribution in [2.24, 2.45) is 0 Å². The summed E-state index contributed by atoms with van der Waals surface area (Å²) in [6.07, 6.45) is 1.12. The Balaban J connectivity index is 1.87. The number of hydrogen-bond donors (Lipinski definition) is 3. The summed E-state index contributed by atoms with van der Waals surface area (Å²) < 4.78 is 11.0. The third-order valence-electron chi connectivity index (χ3n) is 4.08. The van der Waals surface area contributed by atoms with Crippen LogP contribution in [0.5, 0.6) is 11.5 Å². The fourth-order valence-electron chi connectivity index (χ4n) is 2.59. The Morgan fingerprint density at radius 1 is 1.10 bits per heavy atom. The maximum Gasteiger partial charge on any atom is 0.355 e. The van der Waals surface area contributed by atoms with Crippen LogP contribution in [0.2, 0.25) is 0 Å². The Morgan fingerprint density at radius 2 is 1.84 bits per heavy atom. The van der Waals surface area contributed by atoms with E-state index in [9.17, 15) is 14.9 Å². The summed E-state index contributed by atoms with van der Waals surface area (Å²) in [6.45, 7) is 0. The average molecular weight is 489 g/mol. The van der Waals surface area contributed by atoms with Gasteiger partial charge in [-0.2, -0.15) is 0 Å². The van der Waals surface area contributed by atoms with Crippen molar-refractivity contribution in [3.8, 4) is 11.5 Å². The Hall–Kier alpha value is -3.93. The smallest absolute Gasteiger partial charge is 0.355 e. The molecule has 31 heavy (non-hydrogen) atoms. The maximum atomic E-state index is 12.4. The van der Waals surface area contributed by atoms with Crippen LogP contribution in [0.3, 0.4) is 0 Å². The number of nitrogens with one attached hydrogen (secondary N) is 3. The maximum absolute atomic E-state index is 12.4. The first kappa shape index (κ1) is 21.8. The summed E-state index contributed by atoms with van der Waals surface area (Å²) in [7, 11) is 2.97. The van der Waals surface area contributed by atoms with E-state index in [0.29, 0.717) is 27.2 Å². The topological polar surface area (TPSA) is 141 Å². The Kier molecular flexibility index (Phi) is 6.82. The molecule has 0 fully saturated rings. The van der Waals surface area contributed by atoms with Crippen LogP contribution in [0.4, 0.5) is 23.0 Å². The van der Waals surface area contributed by atoms with E-state index in [1.54, 1.807) is 42.5 Å². The molecule has 0 spiro atoms. The Labute approximate surface area is 185 Å². The predicted octanol–water partition coefficient (Wildman–Crippen LogP) is 3.67. The molecule has 0 aliphatic heterocycles. The van der Waals surface area contributed by atoms with Gasteiger partial charge in [0.1, 0.15) is 17.8 Å². The molecule has 0 saturated carbocycles. The largest absolute Gasteiger partial charge is 0.497 e. The van der Waals surface area contributed by atoms with E-state index < -0.39 is 16.5 Å². The number of benzene rings is 2. The second-order valence-corrected chi connectivity index (χ2v) is 6.78. The minimum atomic E-state index is -0.661. The zero-order valence-electron chi connectivity index (χ0n) is 16.4. The van der Waals surface area contributed by atoms with Crippen molar-refractivity contribution in [2.75, 3.05) is 25.0 Å². The minimum absolute atomic E-state index is 0.0962. The quantitative estimate of drug-likeness (QED) is 0.319. The summed E-state index contributed by atoms with van der Waals surface area (Å²) in [5, 5.41) is 14.6. The lowest BCUT2D eigenvalue weighted by atomic mass is 10.2. The van der Waals surface area contributed by atoms with Crippen LogP contribution in [-0.4, -0.2) is 35.0 Å². The summed E-state index contributed by atoms with van der Waals surface area (Å²) in [6, 6.07) is 11.7. The highest BCUT2D eigenvalue weighted by Gasteiger charge is 2.24. The van der Waals surface area contributed by atoms with Crippen molar-refractivity contribution >= 4 is 44.8 Å². The van der Waals surface area contributed by atoms with Gasteiger partial charge < -0.3 is 14.8 Å². The van der Waals surface area contributed by atoms with Crippen LogP contribution in [-0.2, 0) is 0 Å². The molecule has 0 saturated heterocycles. The summed E-state index contributed by atoms with van der Waals surface area (Å²) in [5.74, 6) is 0.143. The number of nitrogens with zero attached hydrogens (tertiary/aromatic N) is 3. The summed E-state index contributed by atoms with van der Waals surface area (Å²) >= 11 is 3.28. The number of amides is 1. The molecule has 0 atom stereocenters. The molecule has 160 valence electrons. The van der Waals surface area contributed by atoms with E-state index in [-0.39, 0.29) is 11.6 Å². The highest BCUT2D eigenvalue weighted by Crippen LogP contribution is 2.35. The molecule has 3 N–H and O–H groups in total. The van der Waals surface area contributed by atoms with Crippen molar-refractivity contribution in [1.29, 1.82) is 0 Å². The van der Waals surface area contributed by atoms with Gasteiger partial charge in [0.2, 0.25) is 11.6 Å². The van der Waals surface area contributed by atoms with Gasteiger partial charge in [-0.05, 0) is 40.2 Å². The van der Waals surface area contributed by atoms with Gasteiger partial charge in [0, 0.05) is 10.5 Å². The van der Waals surface area contributed by atoms with Crippen molar-refractivity contribution < 1.29 is 19.2 Å². The number of nitro groups is 1. The molecule has 0 unspecified atom stereocenters. The van der Waals surface area contributed by atoms with E-state index in [4.69, 9.17) is 9.47 Å². The zero-order chi connectivity index (χ0) is 22.4. The van der Waals surface area contributed by atoms with Gasteiger partial charge in [-0.3, -0.25) is 25.8 Å². The molecular weight excluding hydrogens is 472 g/mol. The number of hydrogen-bond acceptors (Lipinski definition) is 9. The molecule has 3 aromatic rings. The molecule has 11 nitrogen and oxygen atoms in total. The van der Waals surface area contributed by atoms with Crippen LogP contribution in [0.15, 0.2) is 53.3 Å². The second kappa shape index (κ2) is 9.71. The lowest BCUT2D eigenvalue weighted by molar-refractivity contribution is -0.383. The first-order chi connectivity index (χ1) is 14.9. The van der Waals surface area contributed by atoms with Crippen molar-refractivity contribution in [2.45, 2.75) is 0 Å². The highest BCUT2D eigenvalue weighted by atomic mass is 79.9. The Bertz CT molecular complexity index is 1130. The first-order valence-electron chi connectivity index (χ1n) is 8.74. The molecular formula is C19H17BrN6O5. The monoisotopic (exact) mass is 488 g/mol. The Morgan fingerprint density at radius 3 is 2.52 bits per heavy atom. The molecule has 1 amide bonds. The molecule has 1 heterocycles. The third-order valence-corrected chi connectivity index (χ3v) is 4.77. The van der Waals surface area contributed by atoms with E-state index in [0.717, 1.165) is 6.33 Å². The fourth-order valence-corrected chi connectivity index (χ4v) is 3.06. The molecule has 1 aromatic heterocycles. The number of carbonyl (C=O) groups is 1. The normalized spacial score (nSPS) is 10.2. The van der Waals surface area contributed by atoms with Crippen LogP contribution in [0.1, 0.15) is 10.4 Å². The standard InChI is InChI=1S/C19H17BrN6O5/c1-30-11-7-8-14(15(9-11)31-2)23-17-16(26(28)29)18(22-10-21-17)24-25-19(27)12-5-3-4-6-13(12)20/h3-10H,1-2H3,(H,25,27)(H2,21,22,23,24). The summed E-state index contributed by atoms with van der Waals surface area (Å²) in [5.41, 5.74) is 5.19. The van der Waals surface area contributed by atoms with Gasteiger partial charge in [-0.25, -0.2) is 9.97 Å². The lowest BCUT2D eigenvalue weighted by Crippen LogP contribution is -2.30. The van der Waals surface area contributed by atoms with E-state index >= 15 is 0 Å². The zero-order valence-corrected chi connectivity index (χ0v) is 18.0. The van der Waals surface area contributed by atoms with Gasteiger partial charge in [-0.1, -0.05) is 12.1 Å². The van der Waals surface area contributed by atoms with E-state index in [2.05, 4.69) is 42.1 Å². The van der Waals surface area contributed by atoms with Crippen molar-refractivity contribution in [1.82, 2.24) is 15.4 Å². The number of rotatable bonds is 8. The lowest BCUT2D eigenvalue weighted by Gasteiger charge is -2.13. The number of halogens is 1. The molecule has 12 heteroatoms. The predicted molar refractivity (Wildman–Crippen MR) is 117 cm³/mol. The molecule has 3 rings (SSSR count). The van der Waals surface area contributed by atoms with Gasteiger partial charge >= 0.3 is 5.69 Å². The fraction of sp³-hybridized carbons (Fsp3) is 0.105.